The molecule has 11 heteroatoms. The lowest BCUT2D eigenvalue weighted by Gasteiger charge is -2.32. The van der Waals surface area contributed by atoms with Gasteiger partial charge >= 0.3 is 15.5 Å². The summed E-state index contributed by atoms with van der Waals surface area (Å²) in [7, 11) is -3.61. The van der Waals surface area contributed by atoms with Crippen LogP contribution in [-0.4, -0.2) is 56.4 Å². The van der Waals surface area contributed by atoms with Crippen molar-refractivity contribution in [3.8, 4) is 0 Å². The summed E-state index contributed by atoms with van der Waals surface area (Å²) in [5, 5.41) is 6.59. The molecule has 3 rings (SSSR count). The summed E-state index contributed by atoms with van der Waals surface area (Å²) in [6.45, 7) is 4.00. The number of piperidine rings is 1. The molecule has 176 valence electrons. The van der Waals surface area contributed by atoms with Gasteiger partial charge in [0, 0.05) is 38.1 Å². The quantitative estimate of drug-likeness (QED) is 0.319. The number of hydrogen-bond donors (Lipinski definition) is 2. The Kier molecular flexibility index (Phi) is 8.65. The highest BCUT2D eigenvalue weighted by molar-refractivity contribution is 14.0. The average molecular weight is 574 g/mol. The van der Waals surface area contributed by atoms with Gasteiger partial charge in [0.2, 0.25) is 0 Å². The Hall–Kier alpha value is -1.08. The van der Waals surface area contributed by atoms with Crippen LogP contribution in [0.2, 0.25) is 0 Å². The maximum absolute atomic E-state index is 12.7. The van der Waals surface area contributed by atoms with Crippen molar-refractivity contribution < 1.29 is 21.6 Å². The second-order valence-electron chi connectivity index (χ2n) is 8.26. The van der Waals surface area contributed by atoms with Crippen LogP contribution in [-0.2, 0) is 10.0 Å². The second kappa shape index (κ2) is 10.2. The number of alkyl halides is 3. The highest BCUT2D eigenvalue weighted by Gasteiger charge is 2.50. The summed E-state index contributed by atoms with van der Waals surface area (Å²) in [4.78, 5) is 4.22. The number of rotatable bonds is 5. The van der Waals surface area contributed by atoms with Gasteiger partial charge < -0.3 is 10.6 Å². The van der Waals surface area contributed by atoms with Gasteiger partial charge in [0.25, 0.3) is 0 Å². The lowest BCUT2D eigenvalue weighted by Crippen LogP contribution is -2.52. The molecule has 2 unspecified atom stereocenters. The van der Waals surface area contributed by atoms with Crippen molar-refractivity contribution in [2.45, 2.75) is 62.5 Å². The van der Waals surface area contributed by atoms with Gasteiger partial charge in [-0.25, -0.2) is 8.42 Å². The number of nitrogens with one attached hydrogen (secondary N) is 2. The maximum atomic E-state index is 12.7. The molecular formula is C20H30F3IN4O2S. The van der Waals surface area contributed by atoms with Crippen molar-refractivity contribution in [3.05, 3.63) is 35.4 Å². The van der Waals surface area contributed by atoms with Gasteiger partial charge in [-0.15, -0.1) is 24.0 Å². The molecule has 0 bridgehead atoms. The van der Waals surface area contributed by atoms with Crippen LogP contribution in [0.4, 0.5) is 13.2 Å². The molecule has 1 aromatic rings. The van der Waals surface area contributed by atoms with Gasteiger partial charge in [0.05, 0.1) is 0 Å². The Morgan fingerprint density at radius 2 is 1.71 bits per heavy atom. The SMILES string of the molecule is CN=C(NC1CCN(S(=O)(=O)C(F)(F)F)CC1)NC1CC1c1ccc(C(C)C)cc1.I. The van der Waals surface area contributed by atoms with E-state index in [1.54, 1.807) is 7.05 Å². The lowest BCUT2D eigenvalue weighted by atomic mass is 10.0. The Labute approximate surface area is 199 Å². The Morgan fingerprint density at radius 1 is 1.13 bits per heavy atom. The zero-order chi connectivity index (χ0) is 22.1. The molecule has 0 aromatic heterocycles. The molecule has 1 saturated carbocycles. The Bertz CT molecular complexity index is 867. The highest BCUT2D eigenvalue weighted by Crippen LogP contribution is 2.41. The molecule has 2 atom stereocenters. The van der Waals surface area contributed by atoms with Crippen molar-refractivity contribution in [1.82, 2.24) is 14.9 Å². The van der Waals surface area contributed by atoms with E-state index in [4.69, 9.17) is 0 Å². The number of guanidine groups is 1. The molecule has 0 amide bonds. The second-order valence-corrected chi connectivity index (χ2v) is 10.2. The number of aliphatic imine (C=N–C) groups is 1. The van der Waals surface area contributed by atoms with Crippen LogP contribution >= 0.6 is 24.0 Å². The van der Waals surface area contributed by atoms with Crippen LogP contribution in [0.15, 0.2) is 29.3 Å². The van der Waals surface area contributed by atoms with E-state index in [0.29, 0.717) is 34.9 Å². The molecule has 1 aliphatic carbocycles. The van der Waals surface area contributed by atoms with Crippen molar-refractivity contribution in [2.75, 3.05) is 20.1 Å². The van der Waals surface area contributed by atoms with E-state index in [9.17, 15) is 21.6 Å². The van der Waals surface area contributed by atoms with Crippen LogP contribution in [0.1, 0.15) is 56.1 Å². The predicted molar refractivity (Wildman–Crippen MR) is 126 cm³/mol. The first-order chi connectivity index (χ1) is 14.0. The van der Waals surface area contributed by atoms with Crippen molar-refractivity contribution >= 4 is 40.0 Å². The molecule has 0 spiro atoms. The number of sulfonamides is 1. The van der Waals surface area contributed by atoms with Gasteiger partial charge in [0.1, 0.15) is 0 Å². The fourth-order valence-corrected chi connectivity index (χ4v) is 4.76. The molecule has 1 aromatic carbocycles. The van der Waals surface area contributed by atoms with Crippen LogP contribution in [0, 0.1) is 0 Å². The molecule has 0 radical (unpaired) electrons. The molecule has 1 saturated heterocycles. The monoisotopic (exact) mass is 574 g/mol. The molecule has 1 aliphatic heterocycles. The Morgan fingerprint density at radius 3 is 2.19 bits per heavy atom. The number of halogens is 4. The molecule has 1 heterocycles. The minimum atomic E-state index is -5.25. The van der Waals surface area contributed by atoms with Gasteiger partial charge in [-0.05, 0) is 36.3 Å². The zero-order valence-electron chi connectivity index (χ0n) is 17.8. The van der Waals surface area contributed by atoms with E-state index >= 15 is 0 Å². The summed E-state index contributed by atoms with van der Waals surface area (Å²) in [6, 6.07) is 8.77. The topological polar surface area (TPSA) is 73.8 Å². The van der Waals surface area contributed by atoms with E-state index in [1.807, 2.05) is 0 Å². The zero-order valence-corrected chi connectivity index (χ0v) is 21.0. The molecule has 2 aliphatic rings. The fourth-order valence-electron chi connectivity index (χ4n) is 3.78. The van der Waals surface area contributed by atoms with Gasteiger partial charge in [-0.1, -0.05) is 38.1 Å². The summed E-state index contributed by atoms with van der Waals surface area (Å²) in [5.74, 6) is 1.50. The lowest BCUT2D eigenvalue weighted by molar-refractivity contribution is -0.0494. The Balaban J connectivity index is 0.00000341. The largest absolute Gasteiger partial charge is 0.511 e. The smallest absolute Gasteiger partial charge is 0.354 e. The van der Waals surface area contributed by atoms with Crippen LogP contribution in [0.25, 0.3) is 0 Å². The van der Waals surface area contributed by atoms with Crippen LogP contribution in [0.5, 0.6) is 0 Å². The summed E-state index contributed by atoms with van der Waals surface area (Å²) >= 11 is 0. The van der Waals surface area contributed by atoms with E-state index in [-0.39, 0.29) is 49.1 Å². The first-order valence-corrected chi connectivity index (χ1v) is 11.6. The first kappa shape index (κ1) is 26.2. The van der Waals surface area contributed by atoms with Crippen molar-refractivity contribution in [1.29, 1.82) is 0 Å². The van der Waals surface area contributed by atoms with E-state index in [2.05, 4.69) is 53.7 Å². The average Bonchev–Trinajstić information content (AvgIpc) is 3.46. The van der Waals surface area contributed by atoms with E-state index in [0.717, 1.165) is 6.42 Å². The maximum Gasteiger partial charge on any atom is 0.511 e. The van der Waals surface area contributed by atoms with Crippen LogP contribution in [0.3, 0.4) is 0 Å². The number of benzene rings is 1. The predicted octanol–water partition coefficient (Wildman–Crippen LogP) is 3.76. The highest BCUT2D eigenvalue weighted by atomic mass is 127. The van der Waals surface area contributed by atoms with Crippen LogP contribution < -0.4 is 10.6 Å². The van der Waals surface area contributed by atoms with E-state index < -0.39 is 15.5 Å². The van der Waals surface area contributed by atoms with Crippen molar-refractivity contribution in [2.24, 2.45) is 4.99 Å². The van der Waals surface area contributed by atoms with Crippen molar-refractivity contribution in [3.63, 3.8) is 0 Å². The first-order valence-electron chi connectivity index (χ1n) is 10.2. The van der Waals surface area contributed by atoms with Gasteiger partial charge in [0.15, 0.2) is 5.96 Å². The molecule has 6 nitrogen and oxygen atoms in total. The number of hydrogen-bond acceptors (Lipinski definition) is 3. The summed E-state index contributed by atoms with van der Waals surface area (Å²) < 4.78 is 61.6. The molecular weight excluding hydrogens is 544 g/mol. The normalized spacial score (nSPS) is 23.4. The molecule has 2 fully saturated rings. The summed E-state index contributed by atoms with van der Waals surface area (Å²) in [5.41, 5.74) is -2.67. The molecule has 2 N–H and O–H groups in total. The van der Waals surface area contributed by atoms with E-state index in [1.165, 1.54) is 11.1 Å². The van der Waals surface area contributed by atoms with Gasteiger partial charge in [-0.3, -0.25) is 4.99 Å². The summed E-state index contributed by atoms with van der Waals surface area (Å²) in [6.07, 6.45) is 1.57. The van der Waals surface area contributed by atoms with Gasteiger partial charge in [-0.2, -0.15) is 17.5 Å². The standard InChI is InChI=1S/C20H29F3N4O2S.HI/c1-13(2)14-4-6-15(7-5-14)17-12-18(17)26-19(24-3)25-16-8-10-27(11-9-16)30(28,29)20(21,22)23;/h4-7,13,16-18H,8-12H2,1-3H3,(H2,24,25,26);1H. The third-order valence-corrected chi connectivity index (χ3v) is 7.42. The minimum absolute atomic E-state index is 0. The minimum Gasteiger partial charge on any atom is -0.354 e. The molecule has 31 heavy (non-hydrogen) atoms. The third kappa shape index (κ3) is 6.25. The third-order valence-electron chi connectivity index (χ3n) is 5.79. The fraction of sp³-hybridized carbons (Fsp3) is 0.650. The number of nitrogens with zero attached hydrogens (tertiary/aromatic N) is 2.